The monoisotopic (exact) mass is 502 g/mol. The van der Waals surface area contributed by atoms with E-state index >= 15 is 0 Å². The van der Waals surface area contributed by atoms with Crippen LogP contribution in [0.4, 0.5) is 11.4 Å². The molecule has 1 saturated heterocycles. The van der Waals surface area contributed by atoms with Gasteiger partial charge in [0, 0.05) is 23.5 Å². The number of aromatic hydroxyl groups is 1. The molecule has 0 unspecified atom stereocenters. The number of phenols is 1. The maximum absolute atomic E-state index is 13.2. The number of nitrogens with one attached hydrogen (secondary N) is 2. The van der Waals surface area contributed by atoms with Crippen LogP contribution in [0.3, 0.4) is 0 Å². The van der Waals surface area contributed by atoms with Crippen LogP contribution in [-0.4, -0.2) is 34.7 Å². The second-order valence-electron chi connectivity index (χ2n) is 8.09. The number of carbonyl (C=O) groups excluding carboxylic acids is 3. The number of benzene rings is 3. The van der Waals surface area contributed by atoms with Crippen LogP contribution in [0.5, 0.6) is 11.5 Å². The zero-order chi connectivity index (χ0) is 26.7. The normalized spacial score (nSPS) is 16.4. The average molecular weight is 502 g/mol. The molecule has 0 spiro atoms. The van der Waals surface area contributed by atoms with Crippen LogP contribution >= 0.6 is 0 Å². The predicted octanol–water partition coefficient (Wildman–Crippen LogP) is 3.17. The molecule has 1 fully saturated rings. The number of carbonyl (C=O) groups is 3. The molecule has 0 aromatic heterocycles. The van der Waals surface area contributed by atoms with Crippen LogP contribution in [0, 0.1) is 10.1 Å². The first-order chi connectivity index (χ1) is 17.7. The number of nitrogens with zero attached hydrogens (tertiary/aromatic N) is 2. The summed E-state index contributed by atoms with van der Waals surface area (Å²) in [5, 5.41) is 21.3. The molecule has 0 bridgehead atoms. The van der Waals surface area contributed by atoms with E-state index in [2.05, 4.69) is 10.9 Å². The number of allylic oxidation sites excluding steroid dienone is 1. The highest BCUT2D eigenvalue weighted by Gasteiger charge is 2.46. The zero-order valence-electron chi connectivity index (χ0n) is 19.8. The van der Waals surface area contributed by atoms with Gasteiger partial charge in [0.25, 0.3) is 23.3 Å². The van der Waals surface area contributed by atoms with Crippen LogP contribution in [-0.2, 0) is 9.59 Å². The molecule has 0 saturated carbocycles. The molecule has 37 heavy (non-hydrogen) atoms. The van der Waals surface area contributed by atoms with Gasteiger partial charge in [-0.25, -0.2) is 0 Å². The Labute approximate surface area is 211 Å². The molecule has 188 valence electrons. The van der Waals surface area contributed by atoms with Crippen LogP contribution < -0.4 is 20.5 Å². The van der Waals surface area contributed by atoms with Crippen molar-refractivity contribution in [2.75, 3.05) is 12.0 Å². The van der Waals surface area contributed by atoms with Crippen LogP contribution in [0.2, 0.25) is 0 Å². The number of nitro groups is 1. The van der Waals surface area contributed by atoms with E-state index in [1.54, 1.807) is 42.5 Å². The molecule has 2 amide bonds. The molecule has 0 radical (unpaired) electrons. The Bertz CT molecular complexity index is 1430. The number of Topliss-reactive ketones (excluding diaryl/α,β-unsaturated/α-hetero) is 1. The van der Waals surface area contributed by atoms with Gasteiger partial charge in [0.2, 0.25) is 0 Å². The number of amides is 2. The molecule has 11 nitrogen and oxygen atoms in total. The highest BCUT2D eigenvalue weighted by molar-refractivity contribution is 6.50. The van der Waals surface area contributed by atoms with E-state index in [1.807, 2.05) is 0 Å². The number of hydrogen-bond acceptors (Lipinski definition) is 8. The van der Waals surface area contributed by atoms with E-state index < -0.39 is 28.6 Å². The minimum Gasteiger partial charge on any atom is -0.507 e. The average Bonchev–Trinajstić information content (AvgIpc) is 3.17. The first-order valence-corrected chi connectivity index (χ1v) is 11.0. The van der Waals surface area contributed by atoms with Crippen molar-refractivity contribution in [2.45, 2.75) is 13.0 Å². The maximum Gasteiger partial charge on any atom is 0.300 e. The Hall–Kier alpha value is -5.19. The number of anilines is 1. The van der Waals surface area contributed by atoms with E-state index in [1.165, 1.54) is 49.3 Å². The lowest BCUT2D eigenvalue weighted by molar-refractivity contribution is -0.384. The number of hydrazine groups is 1. The molecule has 11 heteroatoms. The Morgan fingerprint density at radius 3 is 2.38 bits per heavy atom. The molecule has 1 heterocycles. The second kappa shape index (κ2) is 10.2. The fraction of sp³-hybridized carbons (Fsp3) is 0.115. The number of rotatable bonds is 7. The van der Waals surface area contributed by atoms with Crippen LogP contribution in [0.1, 0.15) is 28.9 Å². The van der Waals surface area contributed by atoms with Gasteiger partial charge in [0.15, 0.2) is 0 Å². The van der Waals surface area contributed by atoms with Gasteiger partial charge >= 0.3 is 0 Å². The first-order valence-electron chi connectivity index (χ1n) is 11.0. The van der Waals surface area contributed by atoms with Gasteiger partial charge in [-0.2, -0.15) is 0 Å². The van der Waals surface area contributed by atoms with Crippen molar-refractivity contribution < 1.29 is 29.2 Å². The Kier molecular flexibility index (Phi) is 6.87. The molecule has 3 aromatic rings. The van der Waals surface area contributed by atoms with Crippen molar-refractivity contribution in [3.8, 4) is 11.5 Å². The second-order valence-corrected chi connectivity index (χ2v) is 8.09. The quantitative estimate of drug-likeness (QED) is 0.193. The first kappa shape index (κ1) is 24.9. The van der Waals surface area contributed by atoms with Crippen molar-refractivity contribution in [3.05, 3.63) is 105 Å². The standard InChI is InChI=1S/C26H22N4O7/c1-15(27-28-25(33)20-8-3-4-9-21(20)31)22-23(16-6-5-7-18(14-16)30(35)36)29(26(34)24(22)32)17-10-12-19(37-2)13-11-17/h3-14,23,27,31H,1-2H3,(H,28,33)/t23-/m0/s1. The fourth-order valence-electron chi connectivity index (χ4n) is 4.05. The van der Waals surface area contributed by atoms with Crippen molar-refractivity contribution in [3.63, 3.8) is 0 Å². The lowest BCUT2D eigenvalue weighted by Gasteiger charge is -2.26. The Balaban J connectivity index is 1.77. The third-order valence-electron chi connectivity index (χ3n) is 5.85. The molecule has 3 N–H and O–H groups in total. The fourth-order valence-corrected chi connectivity index (χ4v) is 4.05. The lowest BCUT2D eigenvalue weighted by atomic mass is 9.96. The van der Waals surface area contributed by atoms with Crippen molar-refractivity contribution in [2.24, 2.45) is 0 Å². The Morgan fingerprint density at radius 2 is 1.73 bits per heavy atom. The van der Waals surface area contributed by atoms with Crippen LogP contribution in [0.25, 0.3) is 0 Å². The SMILES string of the molecule is COc1ccc(N2C(=O)C(=O)C(=C(C)NNC(=O)c3ccccc3O)[C@@H]2c2cccc([N+](=O)[O-])c2)cc1. The lowest BCUT2D eigenvalue weighted by Crippen LogP contribution is -2.37. The number of ether oxygens (including phenoxy) is 1. The number of ketones is 1. The summed E-state index contributed by atoms with van der Waals surface area (Å²) < 4.78 is 5.17. The number of hydrogen-bond donors (Lipinski definition) is 3. The van der Waals surface area contributed by atoms with E-state index in [-0.39, 0.29) is 28.3 Å². The minimum atomic E-state index is -1.03. The molecular weight excluding hydrogens is 480 g/mol. The van der Waals surface area contributed by atoms with Crippen molar-refractivity contribution in [1.29, 1.82) is 0 Å². The summed E-state index contributed by atoms with van der Waals surface area (Å²) in [6.07, 6.45) is 0. The number of methoxy groups -OCH3 is 1. The Morgan fingerprint density at radius 1 is 1.03 bits per heavy atom. The van der Waals surface area contributed by atoms with E-state index in [0.29, 0.717) is 17.0 Å². The van der Waals surface area contributed by atoms with Gasteiger partial charge < -0.3 is 15.3 Å². The molecule has 0 aliphatic carbocycles. The smallest absolute Gasteiger partial charge is 0.300 e. The summed E-state index contributed by atoms with van der Waals surface area (Å²) >= 11 is 0. The van der Waals surface area contributed by atoms with Gasteiger partial charge in [-0.05, 0) is 48.9 Å². The molecule has 3 aromatic carbocycles. The third kappa shape index (κ3) is 4.82. The molecule has 1 aliphatic rings. The van der Waals surface area contributed by atoms with E-state index in [4.69, 9.17) is 4.74 Å². The summed E-state index contributed by atoms with van der Waals surface area (Å²) in [6, 6.07) is 17.0. The summed E-state index contributed by atoms with van der Waals surface area (Å²) in [5.74, 6) is -2.05. The van der Waals surface area contributed by atoms with Gasteiger partial charge in [0.05, 0.1) is 29.2 Å². The van der Waals surface area contributed by atoms with Gasteiger partial charge in [-0.15, -0.1) is 0 Å². The molecular formula is C26H22N4O7. The maximum atomic E-state index is 13.2. The summed E-state index contributed by atoms with van der Waals surface area (Å²) in [5.41, 5.74) is 5.68. The largest absolute Gasteiger partial charge is 0.507 e. The van der Waals surface area contributed by atoms with Crippen molar-refractivity contribution in [1.82, 2.24) is 10.9 Å². The van der Waals surface area contributed by atoms with E-state index in [0.717, 1.165) is 0 Å². The number of para-hydroxylation sites is 1. The zero-order valence-corrected chi connectivity index (χ0v) is 19.8. The summed E-state index contributed by atoms with van der Waals surface area (Å²) in [6.45, 7) is 1.49. The van der Waals surface area contributed by atoms with Gasteiger partial charge in [-0.1, -0.05) is 24.3 Å². The third-order valence-corrected chi connectivity index (χ3v) is 5.85. The summed E-state index contributed by atoms with van der Waals surface area (Å²) in [4.78, 5) is 51.1. The van der Waals surface area contributed by atoms with Crippen molar-refractivity contribution >= 4 is 29.0 Å². The highest BCUT2D eigenvalue weighted by atomic mass is 16.6. The number of nitro benzene ring substituents is 1. The number of non-ortho nitro benzene ring substituents is 1. The topological polar surface area (TPSA) is 151 Å². The van der Waals surface area contributed by atoms with Crippen LogP contribution in [0.15, 0.2) is 84.1 Å². The van der Waals surface area contributed by atoms with E-state index in [9.17, 15) is 29.6 Å². The highest BCUT2D eigenvalue weighted by Crippen LogP contribution is 2.41. The molecule has 4 rings (SSSR count). The predicted molar refractivity (Wildman–Crippen MR) is 133 cm³/mol. The number of phenolic OH excluding ortho intramolecular Hbond substituents is 1. The van der Waals surface area contributed by atoms with Gasteiger partial charge in [0.1, 0.15) is 11.5 Å². The summed E-state index contributed by atoms with van der Waals surface area (Å²) in [7, 11) is 1.49. The molecule has 1 aliphatic heterocycles. The molecule has 1 atom stereocenters. The minimum absolute atomic E-state index is 0.00102. The van der Waals surface area contributed by atoms with Gasteiger partial charge in [-0.3, -0.25) is 34.8 Å².